The average molecular weight is 415 g/mol. The number of urea groups is 1. The standard InChI is InChI=1S/C22H23F2N3O3/c1-13-5-6-15(14(2)9-13)11-26(4)19(28)12-27-20(29)22(3,25-21(27)30)16-7-8-17(23)18(24)10-16/h5-10H,11-12H2,1-4H3,(H,25,30). The number of rotatable bonds is 5. The lowest BCUT2D eigenvalue weighted by Gasteiger charge is -2.23. The Morgan fingerprint density at radius 1 is 1.10 bits per heavy atom. The normalized spacial score (nSPS) is 18.5. The van der Waals surface area contributed by atoms with Crippen molar-refractivity contribution in [3.8, 4) is 0 Å². The molecule has 4 amide bonds. The van der Waals surface area contributed by atoms with Crippen LogP contribution in [0.3, 0.4) is 0 Å². The molecule has 1 heterocycles. The van der Waals surface area contributed by atoms with E-state index in [0.717, 1.165) is 33.7 Å². The van der Waals surface area contributed by atoms with E-state index in [-0.39, 0.29) is 5.56 Å². The Hall–Kier alpha value is -3.29. The predicted octanol–water partition coefficient (Wildman–Crippen LogP) is 3.01. The first-order valence-corrected chi connectivity index (χ1v) is 9.42. The molecule has 6 nitrogen and oxygen atoms in total. The Labute approximate surface area is 173 Å². The van der Waals surface area contributed by atoms with Gasteiger partial charge in [-0.15, -0.1) is 0 Å². The second-order valence-corrected chi connectivity index (χ2v) is 7.76. The molecule has 30 heavy (non-hydrogen) atoms. The van der Waals surface area contributed by atoms with Crippen molar-refractivity contribution < 1.29 is 23.2 Å². The highest BCUT2D eigenvalue weighted by molar-refractivity contribution is 6.09. The number of carbonyl (C=O) groups is 3. The summed E-state index contributed by atoms with van der Waals surface area (Å²) in [5.41, 5.74) is 1.62. The van der Waals surface area contributed by atoms with Gasteiger partial charge in [0.05, 0.1) is 0 Å². The van der Waals surface area contributed by atoms with E-state index in [1.165, 1.54) is 17.9 Å². The zero-order valence-corrected chi connectivity index (χ0v) is 17.3. The second-order valence-electron chi connectivity index (χ2n) is 7.76. The Morgan fingerprint density at radius 2 is 1.80 bits per heavy atom. The summed E-state index contributed by atoms with van der Waals surface area (Å²) in [6.45, 7) is 5.20. The van der Waals surface area contributed by atoms with E-state index >= 15 is 0 Å². The molecule has 0 radical (unpaired) electrons. The lowest BCUT2D eigenvalue weighted by Crippen LogP contribution is -2.43. The van der Waals surface area contributed by atoms with Gasteiger partial charge >= 0.3 is 6.03 Å². The summed E-state index contributed by atoms with van der Waals surface area (Å²) < 4.78 is 26.9. The third-order valence-corrected chi connectivity index (χ3v) is 5.40. The number of likely N-dealkylation sites (N-methyl/N-ethyl adjacent to an activating group) is 1. The van der Waals surface area contributed by atoms with Crippen molar-refractivity contribution in [3.63, 3.8) is 0 Å². The molecular formula is C22H23F2N3O3. The molecule has 3 rings (SSSR count). The molecule has 0 aromatic heterocycles. The van der Waals surface area contributed by atoms with Gasteiger partial charge in [0, 0.05) is 13.6 Å². The highest BCUT2D eigenvalue weighted by Gasteiger charge is 2.49. The van der Waals surface area contributed by atoms with Gasteiger partial charge in [0.25, 0.3) is 5.91 Å². The third kappa shape index (κ3) is 3.90. The van der Waals surface area contributed by atoms with Crippen molar-refractivity contribution in [2.24, 2.45) is 0 Å². The number of imide groups is 1. The summed E-state index contributed by atoms with van der Waals surface area (Å²) in [6, 6.07) is 8.12. The van der Waals surface area contributed by atoms with Crippen LogP contribution in [0.1, 0.15) is 29.2 Å². The van der Waals surface area contributed by atoms with E-state index in [2.05, 4.69) is 5.32 Å². The van der Waals surface area contributed by atoms with E-state index in [1.54, 1.807) is 7.05 Å². The molecule has 1 unspecified atom stereocenters. The fourth-order valence-electron chi connectivity index (χ4n) is 3.47. The lowest BCUT2D eigenvalue weighted by atomic mass is 9.92. The van der Waals surface area contributed by atoms with Gasteiger partial charge in [-0.05, 0) is 49.6 Å². The van der Waals surface area contributed by atoms with Crippen LogP contribution in [-0.4, -0.2) is 41.2 Å². The maximum Gasteiger partial charge on any atom is 0.325 e. The molecule has 2 aromatic carbocycles. The maximum atomic E-state index is 13.6. The molecule has 1 N–H and O–H groups in total. The minimum atomic E-state index is -1.59. The Kier molecular flexibility index (Phi) is 5.61. The van der Waals surface area contributed by atoms with E-state index in [9.17, 15) is 23.2 Å². The molecule has 1 saturated heterocycles. The van der Waals surface area contributed by atoms with Gasteiger partial charge in [-0.1, -0.05) is 29.8 Å². The number of halogens is 2. The molecule has 8 heteroatoms. The van der Waals surface area contributed by atoms with Crippen molar-refractivity contribution >= 4 is 17.8 Å². The lowest BCUT2D eigenvalue weighted by molar-refractivity contribution is -0.138. The van der Waals surface area contributed by atoms with Crippen LogP contribution in [0.5, 0.6) is 0 Å². The van der Waals surface area contributed by atoms with Crippen molar-refractivity contribution in [3.05, 3.63) is 70.3 Å². The number of amides is 4. The Morgan fingerprint density at radius 3 is 2.43 bits per heavy atom. The summed E-state index contributed by atoms with van der Waals surface area (Å²) >= 11 is 0. The second kappa shape index (κ2) is 7.85. The van der Waals surface area contributed by atoms with Crippen LogP contribution >= 0.6 is 0 Å². The van der Waals surface area contributed by atoms with Crippen LogP contribution in [0.15, 0.2) is 36.4 Å². The van der Waals surface area contributed by atoms with Gasteiger partial charge in [0.2, 0.25) is 5.91 Å². The summed E-state index contributed by atoms with van der Waals surface area (Å²) in [4.78, 5) is 40.2. The SMILES string of the molecule is Cc1ccc(CN(C)C(=O)CN2C(=O)NC(C)(c3ccc(F)c(F)c3)C2=O)c(C)c1. The molecule has 0 saturated carbocycles. The first-order chi connectivity index (χ1) is 14.0. The molecule has 0 bridgehead atoms. The van der Waals surface area contributed by atoms with Gasteiger partial charge in [-0.25, -0.2) is 13.6 Å². The molecule has 158 valence electrons. The van der Waals surface area contributed by atoms with Gasteiger partial charge in [-0.2, -0.15) is 0 Å². The zero-order chi connectivity index (χ0) is 22.2. The number of hydrogen-bond donors (Lipinski definition) is 1. The quantitative estimate of drug-likeness (QED) is 0.764. The highest BCUT2D eigenvalue weighted by atomic mass is 19.2. The predicted molar refractivity (Wildman–Crippen MR) is 106 cm³/mol. The van der Waals surface area contributed by atoms with Crippen molar-refractivity contribution in [1.82, 2.24) is 15.1 Å². The maximum absolute atomic E-state index is 13.6. The number of nitrogens with one attached hydrogen (secondary N) is 1. The summed E-state index contributed by atoms with van der Waals surface area (Å²) in [5, 5.41) is 2.48. The zero-order valence-electron chi connectivity index (χ0n) is 17.3. The van der Waals surface area contributed by atoms with Gasteiger partial charge in [0.15, 0.2) is 11.6 Å². The van der Waals surface area contributed by atoms with E-state index in [1.807, 2.05) is 32.0 Å². The average Bonchev–Trinajstić information content (AvgIpc) is 2.90. The summed E-state index contributed by atoms with van der Waals surface area (Å²) in [7, 11) is 1.59. The van der Waals surface area contributed by atoms with Crippen molar-refractivity contribution in [1.29, 1.82) is 0 Å². The number of hydrogen-bond acceptors (Lipinski definition) is 3. The molecule has 2 aromatic rings. The van der Waals surface area contributed by atoms with Crippen molar-refractivity contribution in [2.45, 2.75) is 32.9 Å². The minimum absolute atomic E-state index is 0.0957. The molecule has 1 aliphatic rings. The molecule has 1 fully saturated rings. The van der Waals surface area contributed by atoms with Crippen LogP contribution in [0, 0.1) is 25.5 Å². The van der Waals surface area contributed by atoms with Gasteiger partial charge in [-0.3, -0.25) is 14.5 Å². The number of benzene rings is 2. The molecular weight excluding hydrogens is 392 g/mol. The van der Waals surface area contributed by atoms with Crippen LogP contribution < -0.4 is 5.32 Å². The van der Waals surface area contributed by atoms with Gasteiger partial charge < -0.3 is 10.2 Å². The van der Waals surface area contributed by atoms with Crippen molar-refractivity contribution in [2.75, 3.05) is 13.6 Å². The first-order valence-electron chi connectivity index (χ1n) is 9.42. The van der Waals surface area contributed by atoms with Crippen LogP contribution in [0.25, 0.3) is 0 Å². The first kappa shape index (κ1) is 21.4. The monoisotopic (exact) mass is 415 g/mol. The van der Waals surface area contributed by atoms with E-state index < -0.39 is 41.6 Å². The van der Waals surface area contributed by atoms with Crippen LogP contribution in [-0.2, 0) is 21.7 Å². The summed E-state index contributed by atoms with van der Waals surface area (Å²) in [5.74, 6) is -3.31. The smallest absolute Gasteiger partial charge is 0.325 e. The Bertz CT molecular complexity index is 1040. The van der Waals surface area contributed by atoms with Gasteiger partial charge in [0.1, 0.15) is 12.1 Å². The fraction of sp³-hybridized carbons (Fsp3) is 0.318. The molecule has 0 aliphatic carbocycles. The molecule has 1 aliphatic heterocycles. The number of carbonyl (C=O) groups excluding carboxylic acids is 3. The Balaban J connectivity index is 1.74. The fourth-order valence-corrected chi connectivity index (χ4v) is 3.47. The molecule has 0 spiro atoms. The number of aryl methyl sites for hydroxylation is 2. The third-order valence-electron chi connectivity index (χ3n) is 5.40. The number of nitrogens with zero attached hydrogens (tertiary/aromatic N) is 2. The van der Waals surface area contributed by atoms with Crippen LogP contribution in [0.2, 0.25) is 0 Å². The van der Waals surface area contributed by atoms with Crippen LogP contribution in [0.4, 0.5) is 13.6 Å². The molecule has 1 atom stereocenters. The summed E-state index contributed by atoms with van der Waals surface area (Å²) in [6.07, 6.45) is 0. The topological polar surface area (TPSA) is 69.7 Å². The largest absolute Gasteiger partial charge is 0.340 e. The van der Waals surface area contributed by atoms with E-state index in [0.29, 0.717) is 6.54 Å². The minimum Gasteiger partial charge on any atom is -0.340 e. The van der Waals surface area contributed by atoms with E-state index in [4.69, 9.17) is 0 Å². The highest BCUT2D eigenvalue weighted by Crippen LogP contribution is 2.29.